The van der Waals surface area contributed by atoms with Crippen molar-refractivity contribution >= 4 is 5.69 Å². The third-order valence-corrected chi connectivity index (χ3v) is 3.04. The van der Waals surface area contributed by atoms with E-state index in [1.165, 1.54) is 0 Å². The minimum Gasteiger partial charge on any atom is -0.496 e. The van der Waals surface area contributed by atoms with Crippen molar-refractivity contribution in [1.82, 2.24) is 0 Å². The highest BCUT2D eigenvalue weighted by Gasteiger charge is 2.23. The molecule has 2 rings (SSSR count). The van der Waals surface area contributed by atoms with Crippen LogP contribution in [0.15, 0.2) is 18.2 Å². The van der Waals surface area contributed by atoms with E-state index in [1.807, 2.05) is 18.2 Å². The largest absolute Gasteiger partial charge is 0.496 e. The summed E-state index contributed by atoms with van der Waals surface area (Å²) in [5.41, 5.74) is 7.86. The second kappa shape index (κ2) is 4.72. The number of ether oxygens (including phenoxy) is 1. The van der Waals surface area contributed by atoms with E-state index < -0.39 is 0 Å². The van der Waals surface area contributed by atoms with Gasteiger partial charge in [-0.2, -0.15) is 0 Å². The molecule has 0 aromatic heterocycles. The zero-order valence-electron chi connectivity index (χ0n) is 9.52. The van der Waals surface area contributed by atoms with Gasteiger partial charge in [-0.25, -0.2) is 0 Å². The first-order chi connectivity index (χ1) is 7.76. The van der Waals surface area contributed by atoms with Gasteiger partial charge >= 0.3 is 0 Å². The van der Waals surface area contributed by atoms with Crippen LogP contribution in [0.2, 0.25) is 0 Å². The van der Waals surface area contributed by atoms with Crippen LogP contribution < -0.4 is 15.4 Å². The number of nitrogens with zero attached hydrogens (tertiary/aromatic N) is 1. The number of β-amino-alcohol motifs (C(OH)–C–C–N with tert-alkyl or cyclic N) is 1. The first-order valence-electron chi connectivity index (χ1n) is 5.55. The lowest BCUT2D eigenvalue weighted by molar-refractivity contribution is 0.198. The van der Waals surface area contributed by atoms with Crippen LogP contribution in [-0.4, -0.2) is 31.4 Å². The van der Waals surface area contributed by atoms with E-state index >= 15 is 0 Å². The Morgan fingerprint density at radius 1 is 1.56 bits per heavy atom. The maximum Gasteiger partial charge on any atom is 0.125 e. The van der Waals surface area contributed by atoms with E-state index in [0.717, 1.165) is 30.0 Å². The van der Waals surface area contributed by atoms with Gasteiger partial charge in [0, 0.05) is 30.9 Å². The molecule has 16 heavy (non-hydrogen) atoms. The molecule has 4 nitrogen and oxygen atoms in total. The monoisotopic (exact) mass is 222 g/mol. The van der Waals surface area contributed by atoms with Gasteiger partial charge in [-0.05, 0) is 18.6 Å². The highest BCUT2D eigenvalue weighted by molar-refractivity contribution is 5.60. The second-order valence-corrected chi connectivity index (χ2v) is 4.05. The molecule has 4 heteroatoms. The molecule has 88 valence electrons. The molecule has 0 radical (unpaired) electrons. The molecule has 1 atom stereocenters. The van der Waals surface area contributed by atoms with Crippen LogP contribution in [-0.2, 0) is 6.54 Å². The molecule has 1 unspecified atom stereocenters. The lowest BCUT2D eigenvalue weighted by Gasteiger charge is -2.22. The minimum atomic E-state index is -0.225. The third kappa shape index (κ3) is 1.99. The first-order valence-corrected chi connectivity index (χ1v) is 5.55. The molecule has 3 N–H and O–H groups in total. The molecular weight excluding hydrogens is 204 g/mol. The van der Waals surface area contributed by atoms with Crippen LogP contribution in [0.4, 0.5) is 5.69 Å². The summed E-state index contributed by atoms with van der Waals surface area (Å²) >= 11 is 0. The maximum atomic E-state index is 9.55. The zero-order chi connectivity index (χ0) is 11.5. The van der Waals surface area contributed by atoms with Crippen molar-refractivity contribution in [3.8, 4) is 5.75 Å². The van der Waals surface area contributed by atoms with Crippen molar-refractivity contribution in [3.63, 3.8) is 0 Å². The number of aliphatic hydroxyl groups excluding tert-OH is 1. The minimum absolute atomic E-state index is 0.225. The first kappa shape index (κ1) is 11.2. The Morgan fingerprint density at radius 3 is 2.94 bits per heavy atom. The standard InChI is InChI=1S/C12H18N2O2/c1-16-12-4-2-3-11(10(12)7-13)14-6-5-9(15)8-14/h2-4,9,15H,5-8,13H2,1H3. The smallest absolute Gasteiger partial charge is 0.125 e. The van der Waals surface area contributed by atoms with Crippen LogP contribution in [0.3, 0.4) is 0 Å². The van der Waals surface area contributed by atoms with Crippen molar-refractivity contribution in [2.24, 2.45) is 5.73 Å². The summed E-state index contributed by atoms with van der Waals surface area (Å²) in [6, 6.07) is 5.90. The number of hydrogen-bond donors (Lipinski definition) is 2. The summed E-state index contributed by atoms with van der Waals surface area (Å²) < 4.78 is 5.29. The van der Waals surface area contributed by atoms with E-state index in [-0.39, 0.29) is 6.10 Å². The Hall–Kier alpha value is -1.26. The summed E-state index contributed by atoms with van der Waals surface area (Å²) in [7, 11) is 1.65. The second-order valence-electron chi connectivity index (χ2n) is 4.05. The Balaban J connectivity index is 2.32. The van der Waals surface area contributed by atoms with E-state index in [9.17, 15) is 5.11 Å². The fraction of sp³-hybridized carbons (Fsp3) is 0.500. The lowest BCUT2D eigenvalue weighted by Crippen LogP contribution is -2.23. The zero-order valence-corrected chi connectivity index (χ0v) is 9.52. The quantitative estimate of drug-likeness (QED) is 0.791. The predicted octanol–water partition coefficient (Wildman–Crippen LogP) is 0.725. The highest BCUT2D eigenvalue weighted by atomic mass is 16.5. The van der Waals surface area contributed by atoms with Gasteiger partial charge in [0.1, 0.15) is 5.75 Å². The van der Waals surface area contributed by atoms with Gasteiger partial charge in [0.15, 0.2) is 0 Å². The van der Waals surface area contributed by atoms with E-state index in [1.54, 1.807) is 7.11 Å². The lowest BCUT2D eigenvalue weighted by atomic mass is 10.1. The van der Waals surface area contributed by atoms with Gasteiger partial charge in [0.25, 0.3) is 0 Å². The molecule has 0 aliphatic carbocycles. The molecule has 1 aromatic rings. The average Bonchev–Trinajstić information content (AvgIpc) is 2.74. The van der Waals surface area contributed by atoms with Crippen LogP contribution >= 0.6 is 0 Å². The van der Waals surface area contributed by atoms with Crippen LogP contribution in [0.25, 0.3) is 0 Å². The van der Waals surface area contributed by atoms with Crippen molar-refractivity contribution in [1.29, 1.82) is 0 Å². The van der Waals surface area contributed by atoms with Crippen molar-refractivity contribution in [2.45, 2.75) is 19.1 Å². The van der Waals surface area contributed by atoms with Gasteiger partial charge in [-0.3, -0.25) is 0 Å². The third-order valence-electron chi connectivity index (χ3n) is 3.04. The van der Waals surface area contributed by atoms with Crippen molar-refractivity contribution in [2.75, 3.05) is 25.1 Å². The number of nitrogens with two attached hydrogens (primary N) is 1. The summed E-state index contributed by atoms with van der Waals surface area (Å²) in [5.74, 6) is 0.821. The molecule has 0 bridgehead atoms. The topological polar surface area (TPSA) is 58.7 Å². The van der Waals surface area contributed by atoms with Gasteiger partial charge < -0.3 is 20.5 Å². The predicted molar refractivity (Wildman–Crippen MR) is 63.7 cm³/mol. The molecule has 1 heterocycles. The van der Waals surface area contributed by atoms with Crippen LogP contribution in [0, 0.1) is 0 Å². The number of hydrogen-bond acceptors (Lipinski definition) is 4. The Morgan fingerprint density at radius 2 is 2.38 bits per heavy atom. The Kier molecular flexibility index (Phi) is 3.31. The van der Waals surface area contributed by atoms with E-state index in [2.05, 4.69) is 4.90 Å². The van der Waals surface area contributed by atoms with Crippen molar-refractivity contribution < 1.29 is 9.84 Å². The Bertz CT molecular complexity index is 368. The van der Waals surface area contributed by atoms with E-state index in [0.29, 0.717) is 13.1 Å². The fourth-order valence-corrected chi connectivity index (χ4v) is 2.21. The molecule has 0 saturated carbocycles. The number of aliphatic hydroxyl groups is 1. The fourth-order valence-electron chi connectivity index (χ4n) is 2.21. The number of rotatable bonds is 3. The molecule has 1 aliphatic heterocycles. The molecule has 0 amide bonds. The van der Waals surface area contributed by atoms with E-state index in [4.69, 9.17) is 10.5 Å². The van der Waals surface area contributed by atoms with Gasteiger partial charge in [0.05, 0.1) is 13.2 Å². The summed E-state index contributed by atoms with van der Waals surface area (Å²) in [6.45, 7) is 2.01. The average molecular weight is 222 g/mol. The summed E-state index contributed by atoms with van der Waals surface area (Å²) in [4.78, 5) is 2.16. The number of benzene rings is 1. The molecular formula is C12H18N2O2. The molecule has 1 fully saturated rings. The normalized spacial score (nSPS) is 20.2. The SMILES string of the molecule is COc1cccc(N2CCC(O)C2)c1CN. The highest BCUT2D eigenvalue weighted by Crippen LogP contribution is 2.30. The molecule has 1 saturated heterocycles. The molecule has 1 aliphatic rings. The number of methoxy groups -OCH3 is 1. The van der Waals surface area contributed by atoms with Crippen molar-refractivity contribution in [3.05, 3.63) is 23.8 Å². The maximum absolute atomic E-state index is 9.55. The molecule has 1 aromatic carbocycles. The van der Waals surface area contributed by atoms with Gasteiger partial charge in [0.2, 0.25) is 0 Å². The van der Waals surface area contributed by atoms with Gasteiger partial charge in [-0.15, -0.1) is 0 Å². The summed E-state index contributed by atoms with van der Waals surface area (Å²) in [5, 5.41) is 9.55. The van der Waals surface area contributed by atoms with Crippen LogP contribution in [0.1, 0.15) is 12.0 Å². The number of anilines is 1. The Labute approximate surface area is 95.6 Å². The van der Waals surface area contributed by atoms with Gasteiger partial charge in [-0.1, -0.05) is 6.07 Å². The summed E-state index contributed by atoms with van der Waals surface area (Å²) in [6.07, 6.45) is 0.595. The van der Waals surface area contributed by atoms with Crippen LogP contribution in [0.5, 0.6) is 5.75 Å². The molecule has 0 spiro atoms.